The maximum atomic E-state index is 2.92. The van der Waals surface area contributed by atoms with Gasteiger partial charge in [0.15, 0.2) is 0 Å². The van der Waals surface area contributed by atoms with Crippen molar-refractivity contribution in [2.45, 2.75) is 99.8 Å². The standard InChI is InChI=1S/C29H48/c1-16-14-22-24(15-17(16)2)29-13-9-11-23(20(29)5)27(6)12-8-10-21-18(3)19(4)25(22)28(29,7)26(21)27/h16-26H,8-15H2,1-7H3/t16?,17?,18-,19?,20-,21?,22?,23+,24?,25?,26?,27-,28+,29+/m1/s1. The molecule has 0 aromatic rings. The molecule has 6 aliphatic rings. The lowest BCUT2D eigenvalue weighted by atomic mass is 9.29. The van der Waals surface area contributed by atoms with Crippen LogP contribution in [0.4, 0.5) is 0 Å². The van der Waals surface area contributed by atoms with Crippen LogP contribution < -0.4 is 0 Å². The monoisotopic (exact) mass is 396 g/mol. The molecule has 0 aromatic carbocycles. The number of hydrogen-bond acceptors (Lipinski definition) is 0. The van der Waals surface area contributed by atoms with Crippen molar-refractivity contribution in [3.8, 4) is 0 Å². The van der Waals surface area contributed by atoms with Crippen LogP contribution in [0.1, 0.15) is 99.8 Å². The molecule has 29 heavy (non-hydrogen) atoms. The van der Waals surface area contributed by atoms with E-state index in [1.54, 1.807) is 44.9 Å². The molecule has 2 bridgehead atoms. The van der Waals surface area contributed by atoms with Crippen LogP contribution in [-0.2, 0) is 0 Å². The molecule has 0 heterocycles. The van der Waals surface area contributed by atoms with Crippen molar-refractivity contribution < 1.29 is 0 Å². The normalized spacial score (nSPS) is 68.2. The van der Waals surface area contributed by atoms with Crippen molar-refractivity contribution in [1.82, 2.24) is 0 Å². The summed E-state index contributed by atoms with van der Waals surface area (Å²) in [6, 6.07) is 0. The Labute approximate surface area is 181 Å². The highest BCUT2D eigenvalue weighted by atomic mass is 14.8. The summed E-state index contributed by atoms with van der Waals surface area (Å²) >= 11 is 0. The molecule has 0 heteroatoms. The van der Waals surface area contributed by atoms with Crippen LogP contribution in [0.15, 0.2) is 0 Å². The Kier molecular flexibility index (Phi) is 3.98. The van der Waals surface area contributed by atoms with Gasteiger partial charge in [0.25, 0.3) is 0 Å². The molecular weight excluding hydrogens is 348 g/mol. The van der Waals surface area contributed by atoms with Gasteiger partial charge in [-0.15, -0.1) is 0 Å². The van der Waals surface area contributed by atoms with E-state index in [4.69, 9.17) is 0 Å². The van der Waals surface area contributed by atoms with Crippen molar-refractivity contribution in [2.75, 3.05) is 0 Å². The molecule has 6 fully saturated rings. The summed E-state index contributed by atoms with van der Waals surface area (Å²) in [5.41, 5.74) is 1.93. The van der Waals surface area contributed by atoms with Crippen LogP contribution in [0, 0.1) is 81.3 Å². The summed E-state index contributed by atoms with van der Waals surface area (Å²) in [5, 5.41) is 0. The Bertz CT molecular complexity index is 694. The third-order valence-corrected chi connectivity index (χ3v) is 14.1. The predicted molar refractivity (Wildman–Crippen MR) is 122 cm³/mol. The van der Waals surface area contributed by atoms with Gasteiger partial charge in [-0.2, -0.15) is 0 Å². The molecule has 0 amide bonds. The zero-order valence-corrected chi connectivity index (χ0v) is 20.5. The first-order valence-corrected chi connectivity index (χ1v) is 13.7. The van der Waals surface area contributed by atoms with Crippen molar-refractivity contribution in [2.24, 2.45) is 81.3 Å². The Morgan fingerprint density at radius 3 is 2.14 bits per heavy atom. The molecule has 0 saturated heterocycles. The van der Waals surface area contributed by atoms with Gasteiger partial charge in [0.2, 0.25) is 0 Å². The molecule has 0 aliphatic heterocycles. The third-order valence-electron chi connectivity index (χ3n) is 14.1. The molecule has 6 aliphatic carbocycles. The fourth-order valence-corrected chi connectivity index (χ4v) is 13.2. The highest BCUT2D eigenvalue weighted by Crippen LogP contribution is 2.86. The van der Waals surface area contributed by atoms with E-state index in [1.165, 1.54) is 6.42 Å². The van der Waals surface area contributed by atoms with Gasteiger partial charge in [-0.1, -0.05) is 61.3 Å². The molecule has 8 unspecified atom stereocenters. The number of fused-ring (bicyclic) bond motifs is 4. The van der Waals surface area contributed by atoms with Crippen molar-refractivity contribution in [1.29, 1.82) is 0 Å². The maximum absolute atomic E-state index is 2.92. The lowest BCUT2D eigenvalue weighted by Crippen LogP contribution is -2.70. The Hall–Kier alpha value is 0. The van der Waals surface area contributed by atoms with Crippen molar-refractivity contribution in [3.63, 3.8) is 0 Å². The average Bonchev–Trinajstić information content (AvgIpc) is 2.87. The van der Waals surface area contributed by atoms with Crippen LogP contribution in [0.5, 0.6) is 0 Å². The molecule has 1 spiro atoms. The first-order chi connectivity index (χ1) is 13.7. The van der Waals surface area contributed by atoms with Crippen LogP contribution >= 0.6 is 0 Å². The summed E-state index contributed by atoms with van der Waals surface area (Å²) < 4.78 is 0. The summed E-state index contributed by atoms with van der Waals surface area (Å²) in [7, 11) is 0. The zero-order chi connectivity index (χ0) is 20.5. The van der Waals surface area contributed by atoms with Crippen LogP contribution in [0.3, 0.4) is 0 Å². The molecule has 6 saturated carbocycles. The second-order valence-corrected chi connectivity index (χ2v) is 14.1. The first-order valence-electron chi connectivity index (χ1n) is 13.7. The molecule has 6 rings (SSSR count). The fourth-order valence-electron chi connectivity index (χ4n) is 13.2. The van der Waals surface area contributed by atoms with Gasteiger partial charge in [-0.25, -0.2) is 0 Å². The van der Waals surface area contributed by atoms with Gasteiger partial charge >= 0.3 is 0 Å². The van der Waals surface area contributed by atoms with E-state index < -0.39 is 0 Å². The number of hydrogen-bond donors (Lipinski definition) is 0. The Balaban J connectivity index is 1.62. The quantitative estimate of drug-likeness (QED) is 0.388. The van der Waals surface area contributed by atoms with E-state index in [2.05, 4.69) is 48.5 Å². The number of rotatable bonds is 0. The summed E-state index contributed by atoms with van der Waals surface area (Å²) in [5.74, 6) is 10.9. The molecular formula is C29H48. The van der Waals surface area contributed by atoms with Crippen molar-refractivity contribution >= 4 is 0 Å². The van der Waals surface area contributed by atoms with E-state index in [-0.39, 0.29) is 0 Å². The first kappa shape index (κ1) is 19.7. The van der Waals surface area contributed by atoms with Crippen LogP contribution in [-0.4, -0.2) is 0 Å². The van der Waals surface area contributed by atoms with E-state index in [0.717, 1.165) is 65.1 Å². The Morgan fingerprint density at radius 1 is 0.690 bits per heavy atom. The van der Waals surface area contributed by atoms with Gasteiger partial charge in [-0.3, -0.25) is 0 Å². The van der Waals surface area contributed by atoms with Gasteiger partial charge in [0.1, 0.15) is 0 Å². The van der Waals surface area contributed by atoms with Gasteiger partial charge in [0.05, 0.1) is 0 Å². The summed E-state index contributed by atoms with van der Waals surface area (Å²) in [6.45, 7) is 19.1. The van der Waals surface area contributed by atoms with Gasteiger partial charge in [0, 0.05) is 0 Å². The summed E-state index contributed by atoms with van der Waals surface area (Å²) in [6.07, 6.45) is 12.4. The lowest BCUT2D eigenvalue weighted by molar-refractivity contribution is -0.281. The minimum Gasteiger partial charge on any atom is -0.0622 e. The molecule has 0 radical (unpaired) electrons. The van der Waals surface area contributed by atoms with E-state index >= 15 is 0 Å². The smallest absolute Gasteiger partial charge is 0.0178 e. The fraction of sp³-hybridized carbons (Fsp3) is 1.00. The lowest BCUT2D eigenvalue weighted by Gasteiger charge is -2.76. The molecule has 14 atom stereocenters. The largest absolute Gasteiger partial charge is 0.0622 e. The van der Waals surface area contributed by atoms with E-state index in [9.17, 15) is 0 Å². The van der Waals surface area contributed by atoms with Gasteiger partial charge in [-0.05, 0) is 120 Å². The molecule has 0 N–H and O–H groups in total. The second kappa shape index (κ2) is 5.86. The minimum atomic E-state index is 0.619. The second-order valence-electron chi connectivity index (χ2n) is 14.1. The maximum Gasteiger partial charge on any atom is -0.0178 e. The topological polar surface area (TPSA) is 0 Å². The summed E-state index contributed by atoms with van der Waals surface area (Å²) in [4.78, 5) is 0. The zero-order valence-electron chi connectivity index (χ0n) is 20.5. The third kappa shape index (κ3) is 1.93. The SMILES string of the molecule is CC1CC2C3C(C)[C@@H](C)C4CCC[C@@]5(C)C4[C@@]3(C)[C@]3(CCC[C@H]5[C@H]3C)C2CC1C. The average molecular weight is 397 g/mol. The highest BCUT2D eigenvalue weighted by Gasteiger charge is 2.80. The molecule has 164 valence electrons. The van der Waals surface area contributed by atoms with E-state index in [0.29, 0.717) is 16.2 Å². The predicted octanol–water partition coefficient (Wildman–Crippen LogP) is 8.07. The van der Waals surface area contributed by atoms with Gasteiger partial charge < -0.3 is 0 Å². The minimum absolute atomic E-state index is 0.619. The van der Waals surface area contributed by atoms with E-state index in [1.807, 2.05) is 0 Å². The van der Waals surface area contributed by atoms with Crippen molar-refractivity contribution in [3.05, 3.63) is 0 Å². The highest BCUT2D eigenvalue weighted by molar-refractivity contribution is 5.28. The Morgan fingerprint density at radius 2 is 1.38 bits per heavy atom. The molecule has 0 nitrogen and oxygen atoms in total. The van der Waals surface area contributed by atoms with Crippen LogP contribution in [0.2, 0.25) is 0 Å². The molecule has 0 aromatic heterocycles. The van der Waals surface area contributed by atoms with Crippen LogP contribution in [0.25, 0.3) is 0 Å².